The van der Waals surface area contributed by atoms with Gasteiger partial charge in [-0.2, -0.15) is 0 Å². The Balaban J connectivity index is 1.86. The summed E-state index contributed by atoms with van der Waals surface area (Å²) in [6.45, 7) is 5.83. The number of aryl methyl sites for hydroxylation is 1. The van der Waals surface area contributed by atoms with Crippen molar-refractivity contribution in [1.29, 1.82) is 0 Å². The Morgan fingerprint density at radius 1 is 1.06 bits per heavy atom. The van der Waals surface area contributed by atoms with Crippen molar-refractivity contribution >= 4 is 34.4 Å². The Hall–Kier alpha value is -3.61. The number of benzene rings is 2. The molecule has 0 bridgehead atoms. The molecule has 0 spiro atoms. The van der Waals surface area contributed by atoms with Crippen molar-refractivity contribution in [2.75, 3.05) is 5.32 Å². The van der Waals surface area contributed by atoms with Crippen LogP contribution in [0, 0.1) is 0 Å². The van der Waals surface area contributed by atoms with Gasteiger partial charge in [-0.1, -0.05) is 30.3 Å². The van der Waals surface area contributed by atoms with Crippen LogP contribution in [0.1, 0.15) is 49.5 Å². The van der Waals surface area contributed by atoms with E-state index in [1.54, 1.807) is 51.2 Å². The first kappa shape index (κ1) is 22.1. The number of nitrogens with one attached hydrogen (secondary N) is 1. The number of nitrogens with zero attached hydrogens (tertiary/aromatic N) is 1. The van der Waals surface area contributed by atoms with Gasteiger partial charge in [0.05, 0.1) is 0 Å². The molecule has 3 aromatic rings. The molecule has 2 aromatic carbocycles. The third-order valence-electron chi connectivity index (χ3n) is 4.59. The van der Waals surface area contributed by atoms with Gasteiger partial charge in [-0.05, 0) is 45.4 Å². The number of fused-ring (bicyclic) bond motifs is 1. The van der Waals surface area contributed by atoms with E-state index in [1.807, 2.05) is 28.8 Å². The summed E-state index contributed by atoms with van der Waals surface area (Å²) in [5.74, 6) is -1.02. The van der Waals surface area contributed by atoms with Crippen molar-refractivity contribution in [3.8, 4) is 0 Å². The van der Waals surface area contributed by atoms with Crippen LogP contribution in [0.25, 0.3) is 10.9 Å². The number of aromatic nitrogens is 1. The maximum atomic E-state index is 13.3. The molecule has 0 aliphatic carbocycles. The highest BCUT2D eigenvalue weighted by atomic mass is 16.6. The highest BCUT2D eigenvalue weighted by Gasteiger charge is 2.19. The summed E-state index contributed by atoms with van der Waals surface area (Å²) in [6, 6.07) is 14.2. The van der Waals surface area contributed by atoms with E-state index in [-0.39, 0.29) is 12.2 Å². The molecule has 7 heteroatoms. The van der Waals surface area contributed by atoms with Gasteiger partial charge < -0.3 is 14.4 Å². The normalized spacial score (nSPS) is 11.3. The Morgan fingerprint density at radius 2 is 1.81 bits per heavy atom. The number of hydrogen-bond acceptors (Lipinski definition) is 4. The van der Waals surface area contributed by atoms with Crippen molar-refractivity contribution in [3.05, 3.63) is 65.9 Å². The quantitative estimate of drug-likeness (QED) is 0.517. The zero-order valence-corrected chi connectivity index (χ0v) is 17.8. The van der Waals surface area contributed by atoms with E-state index in [2.05, 4.69) is 5.32 Å². The smallest absolute Gasteiger partial charge is 0.412 e. The summed E-state index contributed by atoms with van der Waals surface area (Å²) >= 11 is 0. The number of carbonyl (C=O) groups is 3. The second kappa shape index (κ2) is 9.04. The van der Waals surface area contributed by atoms with Crippen LogP contribution in [0.5, 0.6) is 0 Å². The van der Waals surface area contributed by atoms with E-state index in [4.69, 9.17) is 9.84 Å². The van der Waals surface area contributed by atoms with Crippen LogP contribution in [-0.2, 0) is 16.1 Å². The largest absolute Gasteiger partial charge is 0.481 e. The van der Waals surface area contributed by atoms with Gasteiger partial charge in [0.15, 0.2) is 5.78 Å². The molecule has 0 fully saturated rings. The first-order chi connectivity index (χ1) is 14.6. The third-order valence-corrected chi connectivity index (χ3v) is 4.59. The second-order valence-corrected chi connectivity index (χ2v) is 8.29. The lowest BCUT2D eigenvalue weighted by Gasteiger charge is -2.19. The lowest BCUT2D eigenvalue weighted by atomic mass is 10.0. The van der Waals surface area contributed by atoms with E-state index in [9.17, 15) is 14.4 Å². The molecule has 0 atom stereocenters. The zero-order chi connectivity index (χ0) is 22.6. The molecule has 0 unspecified atom stereocenters. The molecule has 1 aromatic heterocycles. The highest BCUT2D eigenvalue weighted by molar-refractivity contribution is 6.16. The molecule has 7 nitrogen and oxygen atoms in total. The van der Waals surface area contributed by atoms with Crippen molar-refractivity contribution in [1.82, 2.24) is 4.57 Å². The minimum atomic E-state index is -0.845. The number of carboxylic acid groups (broad SMARTS) is 1. The van der Waals surface area contributed by atoms with Crippen LogP contribution in [0.2, 0.25) is 0 Å². The van der Waals surface area contributed by atoms with E-state index >= 15 is 0 Å². The lowest BCUT2D eigenvalue weighted by Crippen LogP contribution is -2.27. The number of carboxylic acids is 1. The van der Waals surface area contributed by atoms with E-state index in [0.717, 1.165) is 10.9 Å². The molecule has 2 N–H and O–H groups in total. The zero-order valence-electron chi connectivity index (χ0n) is 17.8. The van der Waals surface area contributed by atoms with E-state index < -0.39 is 17.7 Å². The van der Waals surface area contributed by atoms with Crippen LogP contribution >= 0.6 is 0 Å². The van der Waals surface area contributed by atoms with Crippen LogP contribution < -0.4 is 5.32 Å². The molecule has 3 rings (SSSR count). The van der Waals surface area contributed by atoms with Crippen LogP contribution in [-0.4, -0.2) is 33.1 Å². The predicted octanol–water partition coefficient (Wildman–Crippen LogP) is 5.08. The molecule has 0 aliphatic rings. The number of anilines is 1. The molecule has 1 amide bonds. The van der Waals surface area contributed by atoms with Crippen LogP contribution in [0.15, 0.2) is 54.7 Å². The Labute approximate surface area is 180 Å². The molecule has 0 saturated carbocycles. The van der Waals surface area contributed by atoms with Gasteiger partial charge in [-0.3, -0.25) is 14.9 Å². The standard InChI is InChI=1S/C24H26N2O5/c1-24(2,3)31-23(30)25-17-9-6-8-16(14-17)22(29)19-15-26(13-7-12-21(27)28)20-11-5-4-10-18(19)20/h4-6,8-11,14-15H,7,12-13H2,1-3H3,(H,25,30)(H,27,28). The van der Waals surface area contributed by atoms with E-state index in [1.165, 1.54) is 0 Å². The van der Waals surface area contributed by atoms with Gasteiger partial charge in [0, 0.05) is 46.9 Å². The van der Waals surface area contributed by atoms with Crippen molar-refractivity contribution in [2.24, 2.45) is 0 Å². The SMILES string of the molecule is CC(C)(C)OC(=O)Nc1cccc(C(=O)c2cn(CCCC(=O)O)c3ccccc23)c1. The average molecular weight is 422 g/mol. The van der Waals surface area contributed by atoms with Gasteiger partial charge in [0.1, 0.15) is 5.60 Å². The number of hydrogen-bond donors (Lipinski definition) is 2. The molecular weight excluding hydrogens is 396 g/mol. The minimum Gasteiger partial charge on any atom is -0.481 e. The lowest BCUT2D eigenvalue weighted by molar-refractivity contribution is -0.137. The van der Waals surface area contributed by atoms with Gasteiger partial charge in [-0.25, -0.2) is 4.79 Å². The number of ketones is 1. The first-order valence-corrected chi connectivity index (χ1v) is 10.1. The Kier molecular flexibility index (Phi) is 6.44. The van der Waals surface area contributed by atoms with Gasteiger partial charge >= 0.3 is 12.1 Å². The monoisotopic (exact) mass is 422 g/mol. The number of aliphatic carboxylic acids is 1. The van der Waals surface area contributed by atoms with Gasteiger partial charge in [0.25, 0.3) is 0 Å². The van der Waals surface area contributed by atoms with Gasteiger partial charge in [0.2, 0.25) is 0 Å². The first-order valence-electron chi connectivity index (χ1n) is 10.1. The minimum absolute atomic E-state index is 0.0637. The van der Waals surface area contributed by atoms with Crippen molar-refractivity contribution < 1.29 is 24.2 Å². The van der Waals surface area contributed by atoms with E-state index in [0.29, 0.717) is 29.8 Å². The molecule has 0 aliphatic heterocycles. The average Bonchev–Trinajstić information content (AvgIpc) is 3.05. The summed E-state index contributed by atoms with van der Waals surface area (Å²) < 4.78 is 7.17. The topological polar surface area (TPSA) is 97.6 Å². The number of para-hydroxylation sites is 1. The molecular formula is C24H26N2O5. The van der Waals surface area contributed by atoms with Crippen LogP contribution in [0.3, 0.4) is 0 Å². The summed E-state index contributed by atoms with van der Waals surface area (Å²) in [6.07, 6.45) is 1.71. The predicted molar refractivity (Wildman–Crippen MR) is 119 cm³/mol. The van der Waals surface area contributed by atoms with Crippen molar-refractivity contribution in [2.45, 2.75) is 45.8 Å². The molecule has 0 saturated heterocycles. The summed E-state index contributed by atoms with van der Waals surface area (Å²) in [7, 11) is 0. The molecule has 0 radical (unpaired) electrons. The van der Waals surface area contributed by atoms with Crippen LogP contribution in [0.4, 0.5) is 10.5 Å². The molecule has 31 heavy (non-hydrogen) atoms. The fraction of sp³-hybridized carbons (Fsp3) is 0.292. The number of carbonyl (C=O) groups excluding carboxylic acids is 2. The number of ether oxygens (including phenoxy) is 1. The maximum absolute atomic E-state index is 13.3. The van der Waals surface area contributed by atoms with Crippen molar-refractivity contribution in [3.63, 3.8) is 0 Å². The number of amides is 1. The summed E-state index contributed by atoms with van der Waals surface area (Å²) in [4.78, 5) is 36.1. The third kappa shape index (κ3) is 5.72. The second-order valence-electron chi connectivity index (χ2n) is 8.29. The Morgan fingerprint density at radius 3 is 2.52 bits per heavy atom. The molecule has 162 valence electrons. The fourth-order valence-electron chi connectivity index (χ4n) is 3.33. The molecule has 1 heterocycles. The summed E-state index contributed by atoms with van der Waals surface area (Å²) in [5, 5.41) is 12.3. The fourth-order valence-corrected chi connectivity index (χ4v) is 3.33. The maximum Gasteiger partial charge on any atom is 0.412 e. The highest BCUT2D eigenvalue weighted by Crippen LogP contribution is 2.25. The number of rotatable bonds is 7. The Bertz CT molecular complexity index is 1120. The summed E-state index contributed by atoms with van der Waals surface area (Å²) in [5.41, 5.74) is 1.67. The van der Waals surface area contributed by atoms with Gasteiger partial charge in [-0.15, -0.1) is 0 Å².